The van der Waals surface area contributed by atoms with Gasteiger partial charge in [-0.05, 0) is 39.2 Å². The second-order valence-electron chi connectivity index (χ2n) is 4.99. The highest BCUT2D eigenvalue weighted by molar-refractivity contribution is 5.19. The molecule has 0 aromatic carbocycles. The average molecular weight is 250 g/mol. The quantitative estimate of drug-likeness (QED) is 0.792. The van der Waals surface area contributed by atoms with Crippen LogP contribution in [0, 0.1) is 0 Å². The lowest BCUT2D eigenvalue weighted by atomic mass is 10.1. The van der Waals surface area contributed by atoms with E-state index in [9.17, 15) is 0 Å². The molecule has 4 heteroatoms. The predicted molar refractivity (Wildman–Crippen MR) is 76.2 cm³/mol. The second-order valence-corrected chi connectivity index (χ2v) is 4.99. The van der Waals surface area contributed by atoms with Crippen LogP contribution in [0.15, 0.2) is 18.3 Å². The van der Waals surface area contributed by atoms with Gasteiger partial charge in [0.15, 0.2) is 0 Å². The van der Waals surface area contributed by atoms with Crippen LogP contribution in [-0.2, 0) is 13.1 Å². The summed E-state index contributed by atoms with van der Waals surface area (Å²) in [6.45, 7) is 7.99. The molecule has 1 heterocycles. The van der Waals surface area contributed by atoms with Gasteiger partial charge >= 0.3 is 0 Å². The van der Waals surface area contributed by atoms with Gasteiger partial charge in [-0.25, -0.2) is 0 Å². The molecule has 0 aliphatic heterocycles. The Morgan fingerprint density at radius 3 is 2.67 bits per heavy atom. The van der Waals surface area contributed by atoms with Crippen molar-refractivity contribution in [2.75, 3.05) is 27.2 Å². The van der Waals surface area contributed by atoms with Crippen LogP contribution in [0.3, 0.4) is 0 Å². The number of aromatic nitrogens is 1. The molecule has 1 aromatic rings. The zero-order valence-corrected chi connectivity index (χ0v) is 12.1. The summed E-state index contributed by atoms with van der Waals surface area (Å²) in [5.41, 5.74) is 7.99. The number of likely N-dealkylation sites (N-methyl/N-ethyl adjacent to an activating group) is 2. The van der Waals surface area contributed by atoms with E-state index in [2.05, 4.69) is 48.8 Å². The van der Waals surface area contributed by atoms with Crippen molar-refractivity contribution in [2.24, 2.45) is 5.73 Å². The molecular formula is C14H26N4. The molecular weight excluding hydrogens is 224 g/mol. The van der Waals surface area contributed by atoms with Crippen molar-refractivity contribution < 1.29 is 0 Å². The summed E-state index contributed by atoms with van der Waals surface area (Å²) in [4.78, 5) is 9.02. The maximum absolute atomic E-state index is 5.74. The number of nitrogens with zero attached hydrogens (tertiary/aromatic N) is 3. The van der Waals surface area contributed by atoms with Gasteiger partial charge in [0.1, 0.15) is 0 Å². The van der Waals surface area contributed by atoms with Gasteiger partial charge in [-0.1, -0.05) is 13.0 Å². The molecule has 102 valence electrons. The summed E-state index contributed by atoms with van der Waals surface area (Å²) in [6, 6.07) is 4.63. The molecule has 1 aromatic heterocycles. The third-order valence-corrected chi connectivity index (χ3v) is 3.21. The Labute approximate surface area is 111 Å². The summed E-state index contributed by atoms with van der Waals surface area (Å²) in [5, 5.41) is 0. The molecule has 0 radical (unpaired) electrons. The van der Waals surface area contributed by atoms with E-state index in [1.807, 2.05) is 12.3 Å². The molecule has 0 aliphatic rings. The van der Waals surface area contributed by atoms with Crippen molar-refractivity contribution in [3.63, 3.8) is 0 Å². The minimum Gasteiger partial charge on any atom is -0.325 e. The molecule has 0 aliphatic carbocycles. The first-order chi connectivity index (χ1) is 8.58. The maximum atomic E-state index is 5.74. The highest BCUT2D eigenvalue weighted by Crippen LogP contribution is 2.11. The lowest BCUT2D eigenvalue weighted by molar-refractivity contribution is 0.173. The summed E-state index contributed by atoms with van der Waals surface area (Å²) in [6.07, 6.45) is 1.81. The summed E-state index contributed by atoms with van der Waals surface area (Å²) in [5.74, 6) is 0. The van der Waals surface area contributed by atoms with E-state index in [0.29, 0.717) is 12.6 Å². The fourth-order valence-corrected chi connectivity index (χ4v) is 2.24. The highest BCUT2D eigenvalue weighted by Gasteiger charge is 2.14. The van der Waals surface area contributed by atoms with Crippen LogP contribution in [0.4, 0.5) is 0 Å². The van der Waals surface area contributed by atoms with Gasteiger partial charge in [0.05, 0.1) is 5.69 Å². The predicted octanol–water partition coefficient (Wildman–Crippen LogP) is 1.31. The molecule has 4 nitrogen and oxygen atoms in total. The van der Waals surface area contributed by atoms with E-state index in [1.165, 1.54) is 5.56 Å². The van der Waals surface area contributed by atoms with Crippen LogP contribution in [0.5, 0.6) is 0 Å². The van der Waals surface area contributed by atoms with E-state index in [4.69, 9.17) is 5.73 Å². The standard InChI is InChI=1S/C14H26N4/c1-5-18(12(2)10-17(3)4)11-13-7-6-8-16-14(13)9-15/h6-8,12H,5,9-11,15H2,1-4H3. The fourth-order valence-electron chi connectivity index (χ4n) is 2.24. The Hall–Kier alpha value is -0.970. The Bertz CT molecular complexity index is 351. The molecule has 1 unspecified atom stereocenters. The number of hydrogen-bond donors (Lipinski definition) is 1. The van der Waals surface area contributed by atoms with Crippen molar-refractivity contribution in [1.82, 2.24) is 14.8 Å². The smallest absolute Gasteiger partial charge is 0.0584 e. The number of rotatable bonds is 7. The Balaban J connectivity index is 2.73. The number of hydrogen-bond acceptors (Lipinski definition) is 4. The number of nitrogens with two attached hydrogens (primary N) is 1. The van der Waals surface area contributed by atoms with E-state index >= 15 is 0 Å². The van der Waals surface area contributed by atoms with Gasteiger partial charge in [-0.3, -0.25) is 9.88 Å². The first-order valence-corrected chi connectivity index (χ1v) is 6.60. The van der Waals surface area contributed by atoms with E-state index in [-0.39, 0.29) is 0 Å². The number of pyridine rings is 1. The van der Waals surface area contributed by atoms with Crippen LogP contribution in [-0.4, -0.2) is 48.0 Å². The van der Waals surface area contributed by atoms with Crippen LogP contribution >= 0.6 is 0 Å². The van der Waals surface area contributed by atoms with Crippen molar-refractivity contribution >= 4 is 0 Å². The van der Waals surface area contributed by atoms with Crippen LogP contribution < -0.4 is 5.73 Å². The molecule has 1 rings (SSSR count). The zero-order valence-electron chi connectivity index (χ0n) is 12.1. The van der Waals surface area contributed by atoms with Crippen LogP contribution in [0.2, 0.25) is 0 Å². The van der Waals surface area contributed by atoms with Gasteiger partial charge in [0.25, 0.3) is 0 Å². The second kappa shape index (κ2) is 7.46. The molecule has 0 fully saturated rings. The van der Waals surface area contributed by atoms with Crippen molar-refractivity contribution in [1.29, 1.82) is 0 Å². The molecule has 1 atom stereocenters. The lowest BCUT2D eigenvalue weighted by Gasteiger charge is -2.30. The van der Waals surface area contributed by atoms with Crippen molar-refractivity contribution in [2.45, 2.75) is 33.0 Å². The minimum atomic E-state index is 0.510. The first kappa shape index (κ1) is 15.1. The third kappa shape index (κ3) is 4.37. The largest absolute Gasteiger partial charge is 0.325 e. The van der Waals surface area contributed by atoms with Gasteiger partial charge in [0, 0.05) is 31.9 Å². The third-order valence-electron chi connectivity index (χ3n) is 3.21. The molecule has 0 saturated carbocycles. The summed E-state index contributed by atoms with van der Waals surface area (Å²) >= 11 is 0. The van der Waals surface area contributed by atoms with Gasteiger partial charge in [-0.2, -0.15) is 0 Å². The van der Waals surface area contributed by atoms with Crippen LogP contribution in [0.1, 0.15) is 25.1 Å². The molecule has 18 heavy (non-hydrogen) atoms. The highest BCUT2D eigenvalue weighted by atomic mass is 15.2. The van der Waals surface area contributed by atoms with E-state index in [1.54, 1.807) is 0 Å². The summed E-state index contributed by atoms with van der Waals surface area (Å²) in [7, 11) is 4.22. The van der Waals surface area contributed by atoms with Crippen molar-refractivity contribution in [3.05, 3.63) is 29.6 Å². The lowest BCUT2D eigenvalue weighted by Crippen LogP contribution is -2.39. The fraction of sp³-hybridized carbons (Fsp3) is 0.643. The Kier molecular flexibility index (Phi) is 6.25. The van der Waals surface area contributed by atoms with Crippen molar-refractivity contribution in [3.8, 4) is 0 Å². The monoisotopic (exact) mass is 250 g/mol. The SMILES string of the molecule is CCN(Cc1cccnc1CN)C(C)CN(C)C. The molecule has 0 spiro atoms. The van der Waals surface area contributed by atoms with Gasteiger partial charge < -0.3 is 10.6 Å². The maximum Gasteiger partial charge on any atom is 0.0584 e. The molecule has 0 saturated heterocycles. The van der Waals surface area contributed by atoms with Gasteiger partial charge in [0.2, 0.25) is 0 Å². The zero-order chi connectivity index (χ0) is 13.5. The Morgan fingerprint density at radius 1 is 1.39 bits per heavy atom. The normalized spacial score (nSPS) is 13.3. The molecule has 2 N–H and O–H groups in total. The van der Waals surface area contributed by atoms with E-state index < -0.39 is 0 Å². The summed E-state index contributed by atoms with van der Waals surface area (Å²) < 4.78 is 0. The molecule has 0 amide bonds. The first-order valence-electron chi connectivity index (χ1n) is 6.60. The molecule has 0 bridgehead atoms. The van der Waals surface area contributed by atoms with Gasteiger partial charge in [-0.15, -0.1) is 0 Å². The topological polar surface area (TPSA) is 45.4 Å². The van der Waals surface area contributed by atoms with Crippen LogP contribution in [0.25, 0.3) is 0 Å². The minimum absolute atomic E-state index is 0.510. The van der Waals surface area contributed by atoms with E-state index in [0.717, 1.165) is 25.3 Å². The Morgan fingerprint density at radius 2 is 2.11 bits per heavy atom. The average Bonchev–Trinajstić information content (AvgIpc) is 2.35.